The number of nitrogens with zero attached hydrogens (tertiary/aromatic N) is 5. The van der Waals surface area contributed by atoms with E-state index in [0.717, 1.165) is 12.8 Å². The number of fused-ring (bicyclic) bond motifs is 1. The van der Waals surface area contributed by atoms with Crippen LogP contribution in [0.15, 0.2) is 21.9 Å². The number of aromatic nitrogens is 5. The van der Waals surface area contributed by atoms with Crippen LogP contribution in [-0.4, -0.2) is 30.2 Å². The molecule has 9 nitrogen and oxygen atoms in total. The lowest BCUT2D eigenvalue weighted by atomic mass is 9.96. The number of carbonyl (C=O) groups excluding carboxylic acids is 1. The molecule has 3 aromatic heterocycles. The van der Waals surface area contributed by atoms with Crippen molar-refractivity contribution in [3.63, 3.8) is 0 Å². The highest BCUT2D eigenvalue weighted by molar-refractivity contribution is 6.12. The number of nitrogens with one attached hydrogen (secondary N) is 1. The highest BCUT2D eigenvalue weighted by atomic mass is 16.3. The quantitative estimate of drug-likeness (QED) is 0.770. The van der Waals surface area contributed by atoms with Crippen molar-refractivity contribution in [2.45, 2.75) is 45.1 Å². The summed E-state index contributed by atoms with van der Waals surface area (Å²) < 4.78 is 8.59. The maximum absolute atomic E-state index is 12.7. The molecule has 0 radical (unpaired) electrons. The van der Waals surface area contributed by atoms with Gasteiger partial charge in [-0.15, -0.1) is 5.10 Å². The molecule has 26 heavy (non-hydrogen) atoms. The van der Waals surface area contributed by atoms with Crippen LogP contribution in [0.25, 0.3) is 11.1 Å². The normalized spacial score (nSPS) is 15.5. The van der Waals surface area contributed by atoms with Crippen LogP contribution in [0, 0.1) is 6.92 Å². The molecular weight excluding hydrogens is 336 g/mol. The van der Waals surface area contributed by atoms with Crippen molar-refractivity contribution in [3.05, 3.63) is 34.3 Å². The van der Waals surface area contributed by atoms with Gasteiger partial charge in [0.25, 0.3) is 11.5 Å². The minimum atomic E-state index is -0.479. The number of furan rings is 1. The van der Waals surface area contributed by atoms with Crippen LogP contribution in [-0.2, 0) is 7.05 Å². The Morgan fingerprint density at radius 2 is 2.00 bits per heavy atom. The summed E-state index contributed by atoms with van der Waals surface area (Å²) in [7, 11) is 1.58. The van der Waals surface area contributed by atoms with E-state index in [4.69, 9.17) is 4.42 Å². The summed E-state index contributed by atoms with van der Waals surface area (Å²) in [5.41, 5.74) is -0.0168. The van der Waals surface area contributed by atoms with Gasteiger partial charge in [-0.3, -0.25) is 14.9 Å². The third-order valence-corrected chi connectivity index (χ3v) is 4.86. The van der Waals surface area contributed by atoms with Crippen LogP contribution >= 0.6 is 0 Å². The fourth-order valence-corrected chi connectivity index (χ4v) is 3.48. The zero-order chi connectivity index (χ0) is 18.3. The highest BCUT2D eigenvalue weighted by Crippen LogP contribution is 2.27. The highest BCUT2D eigenvalue weighted by Gasteiger charge is 2.24. The Balaban J connectivity index is 1.62. The molecule has 1 N–H and O–H groups in total. The SMILES string of the molecule is Cc1oc2ncn(C)c(=O)c2c1C(=O)Nc1ncn(C2CCCCC2)n1. The van der Waals surface area contributed by atoms with Crippen LogP contribution in [0.5, 0.6) is 0 Å². The minimum absolute atomic E-state index is 0.149. The summed E-state index contributed by atoms with van der Waals surface area (Å²) >= 11 is 0. The molecular formula is C17H20N6O3. The van der Waals surface area contributed by atoms with Crippen LogP contribution in [0.1, 0.15) is 54.3 Å². The van der Waals surface area contributed by atoms with E-state index in [9.17, 15) is 9.59 Å². The van der Waals surface area contributed by atoms with Gasteiger partial charge in [-0.1, -0.05) is 19.3 Å². The van der Waals surface area contributed by atoms with Crippen molar-refractivity contribution >= 4 is 23.0 Å². The fourth-order valence-electron chi connectivity index (χ4n) is 3.48. The lowest BCUT2D eigenvalue weighted by Crippen LogP contribution is -2.21. The van der Waals surface area contributed by atoms with Gasteiger partial charge >= 0.3 is 0 Å². The van der Waals surface area contributed by atoms with Crippen molar-refractivity contribution in [2.75, 3.05) is 5.32 Å². The molecule has 1 fully saturated rings. The lowest BCUT2D eigenvalue weighted by molar-refractivity contribution is 0.102. The molecule has 0 aliphatic heterocycles. The van der Waals surface area contributed by atoms with Gasteiger partial charge in [-0.05, 0) is 19.8 Å². The van der Waals surface area contributed by atoms with Crippen molar-refractivity contribution < 1.29 is 9.21 Å². The van der Waals surface area contributed by atoms with Gasteiger partial charge < -0.3 is 8.98 Å². The Bertz CT molecular complexity index is 1020. The predicted molar refractivity (Wildman–Crippen MR) is 94.1 cm³/mol. The molecule has 0 spiro atoms. The molecule has 0 unspecified atom stereocenters. The van der Waals surface area contributed by atoms with Gasteiger partial charge in [-0.25, -0.2) is 14.6 Å². The monoisotopic (exact) mass is 356 g/mol. The van der Waals surface area contributed by atoms with Gasteiger partial charge in [0.1, 0.15) is 23.8 Å². The van der Waals surface area contributed by atoms with Crippen molar-refractivity contribution in [3.8, 4) is 0 Å². The summed E-state index contributed by atoms with van der Waals surface area (Å²) in [6.07, 6.45) is 8.78. The van der Waals surface area contributed by atoms with Crippen LogP contribution in [0.4, 0.5) is 5.95 Å². The molecule has 3 aromatic rings. The van der Waals surface area contributed by atoms with Crippen LogP contribution in [0.2, 0.25) is 0 Å². The maximum Gasteiger partial charge on any atom is 0.265 e. The van der Waals surface area contributed by atoms with E-state index in [0.29, 0.717) is 11.8 Å². The Kier molecular flexibility index (Phi) is 4.06. The molecule has 1 aliphatic rings. The number of anilines is 1. The summed E-state index contributed by atoms with van der Waals surface area (Å²) in [6, 6.07) is 0.329. The smallest absolute Gasteiger partial charge is 0.265 e. The second-order valence-corrected chi connectivity index (χ2v) is 6.67. The van der Waals surface area contributed by atoms with Crippen LogP contribution in [0.3, 0.4) is 0 Å². The predicted octanol–water partition coefficient (Wildman–Crippen LogP) is 2.18. The second kappa shape index (κ2) is 6.40. The average Bonchev–Trinajstić information content (AvgIpc) is 3.23. The largest absolute Gasteiger partial charge is 0.442 e. The molecule has 0 saturated heterocycles. The van der Waals surface area contributed by atoms with Crippen molar-refractivity contribution in [1.29, 1.82) is 0 Å². The first-order chi connectivity index (χ1) is 12.5. The molecule has 0 bridgehead atoms. The van der Waals surface area contributed by atoms with E-state index in [1.807, 2.05) is 4.68 Å². The lowest BCUT2D eigenvalue weighted by Gasteiger charge is -2.21. The van der Waals surface area contributed by atoms with E-state index in [-0.39, 0.29) is 28.2 Å². The summed E-state index contributed by atoms with van der Waals surface area (Å²) in [5.74, 6) is 0.0720. The first-order valence-corrected chi connectivity index (χ1v) is 8.72. The number of rotatable bonds is 3. The van der Waals surface area contributed by atoms with E-state index in [2.05, 4.69) is 20.4 Å². The second-order valence-electron chi connectivity index (χ2n) is 6.67. The molecule has 1 saturated carbocycles. The maximum atomic E-state index is 12.7. The number of amides is 1. The Morgan fingerprint density at radius 1 is 1.23 bits per heavy atom. The molecule has 136 valence electrons. The van der Waals surface area contributed by atoms with Gasteiger partial charge in [-0.2, -0.15) is 0 Å². The van der Waals surface area contributed by atoms with Gasteiger partial charge in [0.05, 0.1) is 11.6 Å². The van der Waals surface area contributed by atoms with Gasteiger partial charge in [0.2, 0.25) is 11.7 Å². The van der Waals surface area contributed by atoms with E-state index >= 15 is 0 Å². The first-order valence-electron chi connectivity index (χ1n) is 8.72. The zero-order valence-electron chi connectivity index (χ0n) is 14.7. The molecule has 0 atom stereocenters. The molecule has 9 heteroatoms. The van der Waals surface area contributed by atoms with Gasteiger partial charge in [0.15, 0.2) is 0 Å². The Labute approximate surface area is 149 Å². The third-order valence-electron chi connectivity index (χ3n) is 4.86. The molecule has 3 heterocycles. The minimum Gasteiger partial charge on any atom is -0.442 e. The summed E-state index contributed by atoms with van der Waals surface area (Å²) in [4.78, 5) is 33.3. The number of aryl methyl sites for hydroxylation is 2. The van der Waals surface area contributed by atoms with Crippen molar-refractivity contribution in [1.82, 2.24) is 24.3 Å². The fraction of sp³-hybridized carbons (Fsp3) is 0.471. The van der Waals surface area contributed by atoms with E-state index in [1.54, 1.807) is 20.3 Å². The third kappa shape index (κ3) is 2.79. The topological polar surface area (TPSA) is 108 Å². The molecule has 1 aliphatic carbocycles. The Hall–Kier alpha value is -2.97. The Morgan fingerprint density at radius 3 is 2.77 bits per heavy atom. The average molecular weight is 356 g/mol. The number of hydrogen-bond donors (Lipinski definition) is 1. The van der Waals surface area contributed by atoms with Crippen molar-refractivity contribution in [2.24, 2.45) is 7.05 Å². The molecule has 0 aromatic carbocycles. The number of carbonyl (C=O) groups is 1. The van der Waals surface area contributed by atoms with E-state index < -0.39 is 5.91 Å². The number of hydrogen-bond acceptors (Lipinski definition) is 6. The van der Waals surface area contributed by atoms with E-state index in [1.165, 1.54) is 30.2 Å². The zero-order valence-corrected chi connectivity index (χ0v) is 14.7. The standard InChI is InChI=1S/C17H20N6O3/c1-10-12(13-15(26-10)18-8-22(2)16(13)25)14(24)20-17-19-9-23(21-17)11-6-4-3-5-7-11/h8-9,11H,3-7H2,1-2H3,(H,20,21,24). The molecule has 4 rings (SSSR count). The van der Waals surface area contributed by atoms with Gasteiger partial charge in [0, 0.05) is 7.05 Å². The summed E-state index contributed by atoms with van der Waals surface area (Å²) in [6.45, 7) is 1.63. The summed E-state index contributed by atoms with van der Waals surface area (Å²) in [5, 5.41) is 7.21. The molecule has 1 amide bonds. The first kappa shape index (κ1) is 16.5. The van der Waals surface area contributed by atoms with Crippen LogP contribution < -0.4 is 10.9 Å².